The van der Waals surface area contributed by atoms with E-state index in [1.54, 1.807) is 34.1 Å². The number of rotatable bonds is 7. The van der Waals surface area contributed by atoms with Crippen LogP contribution in [0, 0.1) is 5.82 Å². The van der Waals surface area contributed by atoms with Gasteiger partial charge in [-0.1, -0.05) is 24.3 Å². The molecule has 29 heavy (non-hydrogen) atoms. The van der Waals surface area contributed by atoms with Gasteiger partial charge >= 0.3 is 0 Å². The number of nitrogens with zero attached hydrogens (tertiary/aromatic N) is 2. The van der Waals surface area contributed by atoms with Crippen LogP contribution in [0.2, 0.25) is 0 Å². The lowest BCUT2D eigenvalue weighted by molar-refractivity contribution is -0.118. The predicted octanol–water partition coefficient (Wildman–Crippen LogP) is 4.18. The molecule has 4 rings (SSSR count). The Morgan fingerprint density at radius 1 is 1.17 bits per heavy atom. The van der Waals surface area contributed by atoms with E-state index in [0.717, 1.165) is 10.4 Å². The van der Waals surface area contributed by atoms with E-state index in [0.29, 0.717) is 34.6 Å². The summed E-state index contributed by atoms with van der Waals surface area (Å²) in [6.07, 6.45) is 0.789. The molecule has 0 aliphatic rings. The molecule has 0 atom stereocenters. The van der Waals surface area contributed by atoms with E-state index in [1.807, 2.05) is 22.9 Å². The highest BCUT2D eigenvalue weighted by atomic mass is 32.1. The topological polar surface area (TPSA) is 78.0 Å². The Labute approximate surface area is 174 Å². The van der Waals surface area contributed by atoms with Crippen LogP contribution >= 0.6 is 22.7 Å². The van der Waals surface area contributed by atoms with E-state index in [-0.39, 0.29) is 24.2 Å². The van der Waals surface area contributed by atoms with Gasteiger partial charge in [-0.2, -0.15) is 0 Å². The number of primary amides is 1. The highest BCUT2D eigenvalue weighted by Crippen LogP contribution is 2.34. The highest BCUT2D eigenvalue weighted by molar-refractivity contribution is 7.18. The number of thiophene rings is 2. The molecule has 5 nitrogen and oxygen atoms in total. The third-order valence-electron chi connectivity index (χ3n) is 4.67. The fourth-order valence-corrected chi connectivity index (χ4v) is 5.04. The summed E-state index contributed by atoms with van der Waals surface area (Å²) in [6, 6.07) is 10.4. The molecule has 4 aromatic rings. The molecule has 2 N–H and O–H groups in total. The molecular formula is C21H18FN3O2S2. The second kappa shape index (κ2) is 8.26. The number of carbonyl (C=O) groups excluding carboxylic acids is 1. The number of hydrogen-bond acceptors (Lipinski definition) is 5. The van der Waals surface area contributed by atoms with E-state index in [1.165, 1.54) is 17.4 Å². The van der Waals surface area contributed by atoms with Crippen molar-refractivity contribution < 1.29 is 9.18 Å². The van der Waals surface area contributed by atoms with Crippen molar-refractivity contribution in [2.75, 3.05) is 0 Å². The molecule has 0 bridgehead atoms. The minimum Gasteiger partial charge on any atom is -0.370 e. The minimum absolute atomic E-state index is 0.171. The van der Waals surface area contributed by atoms with E-state index in [4.69, 9.17) is 10.7 Å². The van der Waals surface area contributed by atoms with Gasteiger partial charge in [0.05, 0.1) is 5.39 Å². The molecule has 0 saturated carbocycles. The zero-order chi connectivity index (χ0) is 20.4. The molecule has 1 aromatic carbocycles. The first kappa shape index (κ1) is 19.5. The Bertz CT molecular complexity index is 1230. The zero-order valence-electron chi connectivity index (χ0n) is 15.4. The minimum atomic E-state index is -0.419. The summed E-state index contributed by atoms with van der Waals surface area (Å²) in [7, 11) is 0. The summed E-state index contributed by atoms with van der Waals surface area (Å²) in [6.45, 7) is 0.300. The van der Waals surface area contributed by atoms with E-state index in [2.05, 4.69) is 0 Å². The predicted molar refractivity (Wildman–Crippen MR) is 115 cm³/mol. The SMILES string of the molecule is NC(=O)CCCn1c(Cc2ccccc2F)nc2scc(-c3cccs3)c2c1=O. The Hall–Kier alpha value is -2.84. The van der Waals surface area contributed by atoms with Crippen LogP contribution in [0.15, 0.2) is 52.0 Å². The van der Waals surface area contributed by atoms with Gasteiger partial charge in [0.25, 0.3) is 5.56 Å². The van der Waals surface area contributed by atoms with Gasteiger partial charge < -0.3 is 5.73 Å². The number of amides is 1. The zero-order valence-corrected chi connectivity index (χ0v) is 17.1. The van der Waals surface area contributed by atoms with Crippen LogP contribution in [-0.4, -0.2) is 15.5 Å². The van der Waals surface area contributed by atoms with Crippen LogP contribution in [0.25, 0.3) is 20.7 Å². The van der Waals surface area contributed by atoms with Gasteiger partial charge in [0, 0.05) is 35.2 Å². The Kier molecular flexibility index (Phi) is 5.55. The van der Waals surface area contributed by atoms with Gasteiger partial charge in [-0.3, -0.25) is 14.2 Å². The van der Waals surface area contributed by atoms with E-state index in [9.17, 15) is 14.0 Å². The number of fused-ring (bicyclic) bond motifs is 1. The van der Waals surface area contributed by atoms with Crippen LogP contribution in [0.3, 0.4) is 0 Å². The van der Waals surface area contributed by atoms with Gasteiger partial charge in [-0.05, 0) is 29.5 Å². The largest absolute Gasteiger partial charge is 0.370 e. The quantitative estimate of drug-likeness (QED) is 0.481. The van der Waals surface area contributed by atoms with Gasteiger partial charge in [0.1, 0.15) is 16.5 Å². The fraction of sp³-hybridized carbons (Fsp3) is 0.190. The maximum Gasteiger partial charge on any atom is 0.262 e. The molecule has 1 amide bonds. The van der Waals surface area contributed by atoms with Crippen molar-refractivity contribution in [1.82, 2.24) is 9.55 Å². The molecule has 0 saturated heterocycles. The van der Waals surface area contributed by atoms with Gasteiger partial charge in [0.15, 0.2) is 0 Å². The lowest BCUT2D eigenvalue weighted by Crippen LogP contribution is -2.26. The monoisotopic (exact) mass is 427 g/mol. The first-order chi connectivity index (χ1) is 14.0. The van der Waals surface area contributed by atoms with E-state index >= 15 is 0 Å². The molecule has 3 aromatic heterocycles. The van der Waals surface area contributed by atoms with Crippen LogP contribution in [-0.2, 0) is 17.8 Å². The van der Waals surface area contributed by atoms with Crippen molar-refractivity contribution in [3.05, 3.63) is 74.7 Å². The van der Waals surface area contributed by atoms with Crippen molar-refractivity contribution in [2.45, 2.75) is 25.8 Å². The average molecular weight is 428 g/mol. The Morgan fingerprint density at radius 3 is 2.72 bits per heavy atom. The van der Waals surface area contributed by atoms with Crippen molar-refractivity contribution >= 4 is 38.8 Å². The summed E-state index contributed by atoms with van der Waals surface area (Å²) in [4.78, 5) is 30.9. The van der Waals surface area contributed by atoms with E-state index < -0.39 is 5.91 Å². The van der Waals surface area contributed by atoms with Crippen molar-refractivity contribution in [2.24, 2.45) is 5.73 Å². The standard InChI is InChI=1S/C21H18FN3O2S2/c22-15-6-2-1-5-13(15)11-18-24-20-19(14(12-29-20)16-7-4-10-28-16)21(27)25(18)9-3-8-17(23)26/h1-2,4-7,10,12H,3,8-9,11H2,(H2,23,26). The maximum absolute atomic E-state index is 14.2. The lowest BCUT2D eigenvalue weighted by Gasteiger charge is -2.13. The normalized spacial score (nSPS) is 11.2. The molecule has 8 heteroatoms. The first-order valence-corrected chi connectivity index (χ1v) is 10.9. The third kappa shape index (κ3) is 3.99. The second-order valence-corrected chi connectivity index (χ2v) is 8.44. The van der Waals surface area contributed by atoms with Crippen molar-refractivity contribution in [3.63, 3.8) is 0 Å². The number of hydrogen-bond donors (Lipinski definition) is 1. The number of carbonyl (C=O) groups is 1. The Balaban J connectivity index is 1.84. The molecule has 0 fully saturated rings. The highest BCUT2D eigenvalue weighted by Gasteiger charge is 2.18. The summed E-state index contributed by atoms with van der Waals surface area (Å²) < 4.78 is 15.8. The van der Waals surface area contributed by atoms with Gasteiger partial charge in [-0.25, -0.2) is 9.37 Å². The number of nitrogens with two attached hydrogens (primary N) is 1. The van der Waals surface area contributed by atoms with Crippen LogP contribution in [0.5, 0.6) is 0 Å². The summed E-state index contributed by atoms with van der Waals surface area (Å²) >= 11 is 2.97. The Morgan fingerprint density at radius 2 is 2.00 bits per heavy atom. The van der Waals surface area contributed by atoms with Crippen LogP contribution < -0.4 is 11.3 Å². The number of benzene rings is 1. The summed E-state index contributed by atoms with van der Waals surface area (Å²) in [5, 5.41) is 4.46. The van der Waals surface area contributed by atoms with Crippen LogP contribution in [0.1, 0.15) is 24.2 Å². The maximum atomic E-state index is 14.2. The second-order valence-electron chi connectivity index (χ2n) is 6.63. The van der Waals surface area contributed by atoms with Crippen molar-refractivity contribution in [1.29, 1.82) is 0 Å². The molecule has 3 heterocycles. The van der Waals surface area contributed by atoms with Gasteiger partial charge in [-0.15, -0.1) is 22.7 Å². The number of aromatic nitrogens is 2. The van der Waals surface area contributed by atoms with Crippen molar-refractivity contribution in [3.8, 4) is 10.4 Å². The summed E-state index contributed by atoms with van der Waals surface area (Å²) in [5.41, 5.74) is 6.41. The molecular weight excluding hydrogens is 409 g/mol. The molecule has 0 spiro atoms. The molecule has 0 radical (unpaired) electrons. The molecule has 0 aliphatic heterocycles. The molecule has 0 aliphatic carbocycles. The average Bonchev–Trinajstić information content (AvgIpc) is 3.35. The molecule has 148 valence electrons. The lowest BCUT2D eigenvalue weighted by atomic mass is 10.1. The summed E-state index contributed by atoms with van der Waals surface area (Å²) in [5.74, 6) is -0.273. The smallest absolute Gasteiger partial charge is 0.262 e. The first-order valence-electron chi connectivity index (χ1n) is 9.11. The fourth-order valence-electron chi connectivity index (χ4n) is 3.27. The third-order valence-corrected chi connectivity index (χ3v) is 6.45. The van der Waals surface area contributed by atoms with Crippen LogP contribution in [0.4, 0.5) is 4.39 Å². The van der Waals surface area contributed by atoms with Gasteiger partial charge in [0.2, 0.25) is 5.91 Å². The number of halogens is 1. The molecule has 0 unspecified atom stereocenters.